The number of hydrogen-bond donors (Lipinski definition) is 0. The fraction of sp³-hybridized carbons (Fsp3) is 0.350. The third-order valence-electron chi connectivity index (χ3n) is 5.36. The van der Waals surface area contributed by atoms with Crippen molar-refractivity contribution >= 4 is 11.6 Å². The van der Waals surface area contributed by atoms with Gasteiger partial charge in [0.05, 0.1) is 6.04 Å². The normalized spacial score (nSPS) is 19.6. The quantitative estimate of drug-likeness (QED) is 0.738. The molecule has 0 spiro atoms. The van der Waals surface area contributed by atoms with Gasteiger partial charge in [-0.05, 0) is 43.2 Å². The van der Waals surface area contributed by atoms with Crippen LogP contribution >= 0.6 is 0 Å². The van der Waals surface area contributed by atoms with E-state index in [1.807, 2.05) is 16.8 Å². The van der Waals surface area contributed by atoms with Crippen molar-refractivity contribution in [3.8, 4) is 0 Å². The van der Waals surface area contributed by atoms with Gasteiger partial charge in [0, 0.05) is 30.8 Å². The maximum Gasteiger partial charge on any atom is 0.277 e. The maximum absolute atomic E-state index is 13.5. The number of imidazole rings is 1. The third kappa shape index (κ3) is 2.42. The SMILES string of the molecule is O=C(c1nccn2ccnc12)N(C1CC1)[C@@H]1CCCc2ccccc21. The molecule has 2 aromatic heterocycles. The van der Waals surface area contributed by atoms with Gasteiger partial charge in [-0.1, -0.05) is 24.3 Å². The molecule has 2 aliphatic rings. The van der Waals surface area contributed by atoms with Gasteiger partial charge in [0.15, 0.2) is 11.3 Å². The van der Waals surface area contributed by atoms with Gasteiger partial charge >= 0.3 is 0 Å². The summed E-state index contributed by atoms with van der Waals surface area (Å²) in [5.41, 5.74) is 3.79. The number of carbonyl (C=O) groups is 1. The molecule has 1 amide bonds. The topological polar surface area (TPSA) is 50.5 Å². The number of fused-ring (bicyclic) bond motifs is 2. The van der Waals surface area contributed by atoms with Gasteiger partial charge in [0.2, 0.25) is 0 Å². The van der Waals surface area contributed by atoms with Gasteiger partial charge in [-0.25, -0.2) is 9.97 Å². The van der Waals surface area contributed by atoms with E-state index in [1.165, 1.54) is 11.1 Å². The highest BCUT2D eigenvalue weighted by Crippen LogP contribution is 2.41. The molecule has 5 nitrogen and oxygen atoms in total. The summed E-state index contributed by atoms with van der Waals surface area (Å²) in [6.07, 6.45) is 12.5. The summed E-state index contributed by atoms with van der Waals surface area (Å²) in [4.78, 5) is 24.3. The molecule has 1 aromatic carbocycles. The molecule has 3 aromatic rings. The van der Waals surface area contributed by atoms with Crippen LogP contribution in [0.1, 0.15) is 53.3 Å². The highest BCUT2D eigenvalue weighted by atomic mass is 16.2. The largest absolute Gasteiger partial charge is 0.327 e. The van der Waals surface area contributed by atoms with Crippen molar-refractivity contribution in [3.63, 3.8) is 0 Å². The van der Waals surface area contributed by atoms with E-state index in [0.29, 0.717) is 17.4 Å². The van der Waals surface area contributed by atoms with Crippen molar-refractivity contribution in [3.05, 3.63) is 65.9 Å². The van der Waals surface area contributed by atoms with Crippen molar-refractivity contribution in [1.29, 1.82) is 0 Å². The molecule has 2 aliphatic carbocycles. The molecule has 2 heterocycles. The van der Waals surface area contributed by atoms with Crippen LogP contribution in [0.15, 0.2) is 49.1 Å². The average Bonchev–Trinajstić information content (AvgIpc) is 3.36. The smallest absolute Gasteiger partial charge is 0.277 e. The van der Waals surface area contributed by atoms with E-state index < -0.39 is 0 Å². The van der Waals surface area contributed by atoms with Gasteiger partial charge in [-0.15, -0.1) is 0 Å². The van der Waals surface area contributed by atoms with Crippen LogP contribution in [0.3, 0.4) is 0 Å². The standard InChI is InChI=1S/C20H20N4O/c25-20(18-19-22-11-13-23(19)12-10-21-18)24(15-8-9-15)17-7-3-5-14-4-1-2-6-16(14)17/h1-2,4,6,10-13,15,17H,3,5,7-9H2/t17-/m1/s1. The minimum absolute atomic E-state index is 0.0148. The molecule has 5 rings (SSSR count). The van der Waals surface area contributed by atoms with Gasteiger partial charge in [-0.2, -0.15) is 0 Å². The van der Waals surface area contributed by atoms with Crippen LogP contribution < -0.4 is 0 Å². The van der Waals surface area contributed by atoms with Gasteiger partial charge in [0.25, 0.3) is 5.91 Å². The molecule has 126 valence electrons. The minimum Gasteiger partial charge on any atom is -0.327 e. The Hall–Kier alpha value is -2.69. The van der Waals surface area contributed by atoms with Crippen molar-refractivity contribution in [1.82, 2.24) is 19.3 Å². The zero-order valence-electron chi connectivity index (χ0n) is 14.0. The summed E-state index contributed by atoms with van der Waals surface area (Å²) in [5.74, 6) is 0.0148. The molecule has 1 fully saturated rings. The summed E-state index contributed by atoms with van der Waals surface area (Å²) >= 11 is 0. The van der Waals surface area contributed by atoms with E-state index in [0.717, 1.165) is 32.1 Å². The van der Waals surface area contributed by atoms with Crippen LogP contribution in [0.25, 0.3) is 5.65 Å². The van der Waals surface area contributed by atoms with Crippen LogP contribution in [0.5, 0.6) is 0 Å². The third-order valence-corrected chi connectivity index (χ3v) is 5.36. The second-order valence-electron chi connectivity index (χ2n) is 6.98. The summed E-state index contributed by atoms with van der Waals surface area (Å²) in [6.45, 7) is 0. The predicted octanol–water partition coefficient (Wildman–Crippen LogP) is 3.41. The highest BCUT2D eigenvalue weighted by Gasteiger charge is 2.40. The Balaban J connectivity index is 1.58. The van der Waals surface area contributed by atoms with Crippen LogP contribution in [-0.4, -0.2) is 31.2 Å². The molecule has 0 aliphatic heterocycles. The van der Waals surface area contributed by atoms with Crippen molar-refractivity contribution in [2.45, 2.75) is 44.2 Å². The summed E-state index contributed by atoms with van der Waals surface area (Å²) in [7, 11) is 0. The molecule has 0 N–H and O–H groups in total. The molecule has 1 saturated carbocycles. The Morgan fingerprint density at radius 3 is 2.72 bits per heavy atom. The second-order valence-corrected chi connectivity index (χ2v) is 6.98. The molecule has 0 radical (unpaired) electrons. The van der Waals surface area contributed by atoms with E-state index in [9.17, 15) is 4.79 Å². The van der Waals surface area contributed by atoms with Crippen molar-refractivity contribution in [2.75, 3.05) is 0 Å². The maximum atomic E-state index is 13.5. The Labute approximate surface area is 146 Å². The lowest BCUT2D eigenvalue weighted by Crippen LogP contribution is -2.39. The highest BCUT2D eigenvalue weighted by molar-refractivity contribution is 5.98. The number of carbonyl (C=O) groups excluding carboxylic acids is 1. The first-order valence-electron chi connectivity index (χ1n) is 9.01. The Bertz CT molecular complexity index is 944. The second kappa shape index (κ2) is 5.69. The number of benzene rings is 1. The first kappa shape index (κ1) is 14.6. The lowest BCUT2D eigenvalue weighted by Gasteiger charge is -2.36. The van der Waals surface area contributed by atoms with E-state index in [1.54, 1.807) is 12.4 Å². The van der Waals surface area contributed by atoms with Crippen LogP contribution in [-0.2, 0) is 6.42 Å². The Morgan fingerprint density at radius 1 is 1.08 bits per heavy atom. The zero-order valence-corrected chi connectivity index (χ0v) is 14.0. The van der Waals surface area contributed by atoms with Crippen LogP contribution in [0, 0.1) is 0 Å². The summed E-state index contributed by atoms with van der Waals surface area (Å²) in [5, 5.41) is 0. The zero-order chi connectivity index (χ0) is 16.8. The number of nitrogens with zero attached hydrogens (tertiary/aromatic N) is 4. The van der Waals surface area contributed by atoms with Crippen LogP contribution in [0.4, 0.5) is 0 Å². The van der Waals surface area contributed by atoms with Crippen molar-refractivity contribution < 1.29 is 4.79 Å². The molecule has 0 unspecified atom stereocenters. The first-order chi connectivity index (χ1) is 12.3. The number of amides is 1. The van der Waals surface area contributed by atoms with Crippen molar-refractivity contribution in [2.24, 2.45) is 0 Å². The molecule has 0 saturated heterocycles. The monoisotopic (exact) mass is 332 g/mol. The lowest BCUT2D eigenvalue weighted by atomic mass is 9.86. The van der Waals surface area contributed by atoms with Gasteiger partial charge in [0.1, 0.15) is 0 Å². The Morgan fingerprint density at radius 2 is 1.88 bits per heavy atom. The molecule has 5 heteroatoms. The lowest BCUT2D eigenvalue weighted by molar-refractivity contribution is 0.0633. The summed E-state index contributed by atoms with van der Waals surface area (Å²) < 4.78 is 1.86. The van der Waals surface area contributed by atoms with Crippen LogP contribution in [0.2, 0.25) is 0 Å². The molecule has 0 bridgehead atoms. The molecule has 1 atom stereocenters. The Kier molecular flexibility index (Phi) is 3.33. The van der Waals surface area contributed by atoms with E-state index in [2.05, 4.69) is 39.1 Å². The first-order valence-corrected chi connectivity index (χ1v) is 9.01. The number of aromatic nitrogens is 3. The summed E-state index contributed by atoms with van der Waals surface area (Å²) in [6, 6.07) is 9.05. The number of rotatable bonds is 3. The van der Waals surface area contributed by atoms with Gasteiger partial charge < -0.3 is 9.30 Å². The predicted molar refractivity (Wildman–Crippen MR) is 94.3 cm³/mol. The van der Waals surface area contributed by atoms with E-state index >= 15 is 0 Å². The molecular formula is C20H20N4O. The van der Waals surface area contributed by atoms with E-state index in [-0.39, 0.29) is 11.9 Å². The molecular weight excluding hydrogens is 312 g/mol. The minimum atomic E-state index is 0.0148. The van der Waals surface area contributed by atoms with Gasteiger partial charge in [-0.3, -0.25) is 4.79 Å². The molecule has 25 heavy (non-hydrogen) atoms. The number of hydrogen-bond acceptors (Lipinski definition) is 3. The fourth-order valence-electron chi connectivity index (χ4n) is 4.06. The average molecular weight is 332 g/mol. The fourth-order valence-corrected chi connectivity index (χ4v) is 4.06. The van der Waals surface area contributed by atoms with E-state index in [4.69, 9.17) is 0 Å². The number of aryl methyl sites for hydroxylation is 1.